The van der Waals surface area contributed by atoms with Gasteiger partial charge in [0.2, 0.25) is 11.5 Å². The number of rotatable bonds is 6. The molecule has 2 amide bonds. The Morgan fingerprint density at radius 3 is 2.75 bits per heavy atom. The number of halogens is 2. The maximum absolute atomic E-state index is 13.1. The monoisotopic (exact) mass is 420 g/mol. The number of anilines is 2. The van der Waals surface area contributed by atoms with Crippen molar-refractivity contribution in [1.82, 2.24) is 9.97 Å². The van der Waals surface area contributed by atoms with E-state index in [4.69, 9.17) is 11.6 Å². The van der Waals surface area contributed by atoms with E-state index < -0.39 is 11.7 Å². The Bertz CT molecular complexity index is 1060. The number of carbonyl (C=O) groups excluding carboxylic acids is 2. The Morgan fingerprint density at radius 2 is 2.04 bits per heavy atom. The quantitative estimate of drug-likeness (QED) is 0.568. The summed E-state index contributed by atoms with van der Waals surface area (Å²) in [7, 11) is 0. The molecule has 0 saturated heterocycles. The van der Waals surface area contributed by atoms with Gasteiger partial charge in [0.05, 0.1) is 16.3 Å². The second kappa shape index (κ2) is 8.77. The van der Waals surface area contributed by atoms with Crippen molar-refractivity contribution in [3.8, 4) is 0 Å². The molecule has 0 saturated carbocycles. The number of benzene rings is 1. The summed E-state index contributed by atoms with van der Waals surface area (Å²) in [5.41, 5.74) is 1.06. The fraction of sp³-hybridized carbons (Fsp3) is 0.111. The Kier molecular flexibility index (Phi) is 6.17. The van der Waals surface area contributed by atoms with Crippen molar-refractivity contribution < 1.29 is 14.0 Å². The highest BCUT2D eigenvalue weighted by Crippen LogP contribution is 2.20. The molecule has 2 heterocycles. The van der Waals surface area contributed by atoms with Gasteiger partial charge in [-0.05, 0) is 30.7 Å². The lowest BCUT2D eigenvalue weighted by molar-refractivity contribution is -0.116. The molecule has 3 N–H and O–H groups in total. The van der Waals surface area contributed by atoms with Gasteiger partial charge in [0.15, 0.2) is 5.13 Å². The van der Waals surface area contributed by atoms with Gasteiger partial charge in [0.1, 0.15) is 5.82 Å². The summed E-state index contributed by atoms with van der Waals surface area (Å²) >= 11 is 6.91. The number of hydrogen-bond donors (Lipinski definition) is 3. The molecule has 10 heteroatoms. The van der Waals surface area contributed by atoms with Gasteiger partial charge >= 0.3 is 0 Å². The standard InChI is InChI=1S/C18H14ClFN4O3S/c19-13-7-11(2-4-14(13)20)22-16(26)6-3-12-9-28-18(23-12)24-17(27)10-1-5-15(25)21-8-10/h1-2,4-5,7-9H,3,6H2,(H,21,25)(H,22,26)(H,23,24,27). The number of aromatic nitrogens is 2. The van der Waals surface area contributed by atoms with Crippen LogP contribution in [-0.2, 0) is 11.2 Å². The van der Waals surface area contributed by atoms with Crippen LogP contribution in [0.5, 0.6) is 0 Å². The summed E-state index contributed by atoms with van der Waals surface area (Å²) in [6.07, 6.45) is 1.84. The Balaban J connectivity index is 1.52. The molecule has 144 valence electrons. The highest BCUT2D eigenvalue weighted by atomic mass is 35.5. The summed E-state index contributed by atoms with van der Waals surface area (Å²) in [5.74, 6) is -1.23. The number of hydrogen-bond acceptors (Lipinski definition) is 5. The predicted octanol–water partition coefficient (Wildman–Crippen LogP) is 3.45. The van der Waals surface area contributed by atoms with E-state index in [1.54, 1.807) is 5.38 Å². The van der Waals surface area contributed by atoms with Crippen LogP contribution in [0, 0.1) is 5.82 Å². The van der Waals surface area contributed by atoms with Crippen molar-refractivity contribution in [2.24, 2.45) is 0 Å². The molecule has 7 nitrogen and oxygen atoms in total. The number of carbonyl (C=O) groups is 2. The first-order valence-electron chi connectivity index (χ1n) is 8.10. The first-order valence-corrected chi connectivity index (χ1v) is 9.36. The van der Waals surface area contributed by atoms with Crippen molar-refractivity contribution in [3.63, 3.8) is 0 Å². The molecule has 3 rings (SSSR count). The normalized spacial score (nSPS) is 10.5. The van der Waals surface area contributed by atoms with Gasteiger partial charge in [-0.15, -0.1) is 11.3 Å². The van der Waals surface area contributed by atoms with Crippen LogP contribution in [0.15, 0.2) is 46.7 Å². The molecule has 1 aromatic carbocycles. The van der Waals surface area contributed by atoms with E-state index in [9.17, 15) is 18.8 Å². The van der Waals surface area contributed by atoms with Crippen LogP contribution >= 0.6 is 22.9 Å². The highest BCUT2D eigenvalue weighted by Gasteiger charge is 2.11. The van der Waals surface area contributed by atoms with Crippen molar-refractivity contribution in [2.45, 2.75) is 12.8 Å². The zero-order chi connectivity index (χ0) is 20.1. The molecule has 0 unspecified atom stereocenters. The van der Waals surface area contributed by atoms with Crippen LogP contribution < -0.4 is 16.2 Å². The molecule has 3 aromatic rings. The topological polar surface area (TPSA) is 104 Å². The van der Waals surface area contributed by atoms with E-state index in [0.717, 1.165) is 0 Å². The fourth-order valence-electron chi connectivity index (χ4n) is 2.24. The average Bonchev–Trinajstić information content (AvgIpc) is 3.11. The Labute approximate surface area is 167 Å². The summed E-state index contributed by atoms with van der Waals surface area (Å²) in [6.45, 7) is 0. The fourth-order valence-corrected chi connectivity index (χ4v) is 3.16. The predicted molar refractivity (Wildman–Crippen MR) is 105 cm³/mol. The summed E-state index contributed by atoms with van der Waals surface area (Å²) < 4.78 is 13.1. The zero-order valence-electron chi connectivity index (χ0n) is 14.3. The number of thiazole rings is 1. The molecule has 0 fully saturated rings. The summed E-state index contributed by atoms with van der Waals surface area (Å²) in [4.78, 5) is 41.8. The molecular formula is C18H14ClFN4O3S. The van der Waals surface area contributed by atoms with Gasteiger partial charge in [-0.25, -0.2) is 9.37 Å². The molecule has 0 bridgehead atoms. The van der Waals surface area contributed by atoms with Crippen molar-refractivity contribution in [1.29, 1.82) is 0 Å². The van der Waals surface area contributed by atoms with Crippen LogP contribution in [0.2, 0.25) is 5.02 Å². The number of H-pyrrole nitrogens is 1. The lowest BCUT2D eigenvalue weighted by Gasteiger charge is -2.05. The largest absolute Gasteiger partial charge is 0.328 e. The van der Waals surface area contributed by atoms with Gasteiger partial charge < -0.3 is 10.3 Å². The molecule has 2 aromatic heterocycles. The van der Waals surface area contributed by atoms with Gasteiger partial charge in [-0.3, -0.25) is 19.7 Å². The second-order valence-corrected chi connectivity index (χ2v) is 6.98. The van der Waals surface area contributed by atoms with E-state index in [2.05, 4.69) is 20.6 Å². The smallest absolute Gasteiger partial charge is 0.258 e. The van der Waals surface area contributed by atoms with E-state index in [1.807, 2.05) is 0 Å². The first-order chi connectivity index (χ1) is 13.4. The molecular weight excluding hydrogens is 407 g/mol. The Hall–Kier alpha value is -3.04. The van der Waals surface area contributed by atoms with E-state index in [1.165, 1.54) is 47.9 Å². The third kappa shape index (κ3) is 5.24. The van der Waals surface area contributed by atoms with Gasteiger partial charge in [-0.1, -0.05) is 11.6 Å². The molecule has 0 radical (unpaired) electrons. The molecule has 28 heavy (non-hydrogen) atoms. The van der Waals surface area contributed by atoms with Gasteiger partial charge in [-0.2, -0.15) is 0 Å². The maximum atomic E-state index is 13.1. The van der Waals surface area contributed by atoms with E-state index in [0.29, 0.717) is 28.5 Å². The van der Waals surface area contributed by atoms with E-state index in [-0.39, 0.29) is 22.9 Å². The SMILES string of the molecule is O=C(CCc1csc(NC(=O)c2ccc(=O)[nH]c2)n1)Nc1ccc(F)c(Cl)c1. The number of nitrogens with one attached hydrogen (secondary N) is 3. The number of aromatic amines is 1. The number of nitrogens with zero attached hydrogens (tertiary/aromatic N) is 1. The van der Waals surface area contributed by atoms with Gasteiger partial charge in [0, 0.05) is 29.8 Å². The lowest BCUT2D eigenvalue weighted by atomic mass is 10.2. The number of pyridine rings is 1. The zero-order valence-corrected chi connectivity index (χ0v) is 15.9. The molecule has 0 aliphatic carbocycles. The Morgan fingerprint density at radius 1 is 1.21 bits per heavy atom. The molecule has 0 spiro atoms. The third-order valence-electron chi connectivity index (χ3n) is 3.63. The first kappa shape index (κ1) is 19.7. The number of aryl methyl sites for hydroxylation is 1. The van der Waals surface area contributed by atoms with E-state index >= 15 is 0 Å². The number of amides is 2. The minimum Gasteiger partial charge on any atom is -0.328 e. The lowest BCUT2D eigenvalue weighted by Crippen LogP contribution is -2.14. The summed E-state index contributed by atoms with van der Waals surface area (Å²) in [6, 6.07) is 6.61. The van der Waals surface area contributed by atoms with Gasteiger partial charge in [0.25, 0.3) is 5.91 Å². The molecule has 0 aliphatic heterocycles. The van der Waals surface area contributed by atoms with Crippen molar-refractivity contribution in [2.75, 3.05) is 10.6 Å². The van der Waals surface area contributed by atoms with Crippen LogP contribution in [0.1, 0.15) is 22.5 Å². The minimum atomic E-state index is -0.557. The maximum Gasteiger partial charge on any atom is 0.258 e. The van der Waals surface area contributed by atoms with Crippen LogP contribution in [0.4, 0.5) is 15.2 Å². The molecule has 0 atom stereocenters. The second-order valence-electron chi connectivity index (χ2n) is 5.72. The average molecular weight is 421 g/mol. The van der Waals surface area contributed by atoms with Crippen LogP contribution in [0.25, 0.3) is 0 Å². The van der Waals surface area contributed by atoms with Crippen molar-refractivity contribution in [3.05, 3.63) is 74.4 Å². The van der Waals surface area contributed by atoms with Crippen molar-refractivity contribution >= 4 is 45.6 Å². The molecule has 0 aliphatic rings. The summed E-state index contributed by atoms with van der Waals surface area (Å²) in [5, 5.41) is 7.32. The van der Waals surface area contributed by atoms with Crippen LogP contribution in [-0.4, -0.2) is 21.8 Å². The van der Waals surface area contributed by atoms with Crippen LogP contribution in [0.3, 0.4) is 0 Å². The highest BCUT2D eigenvalue weighted by molar-refractivity contribution is 7.14. The third-order valence-corrected chi connectivity index (χ3v) is 4.73. The minimum absolute atomic E-state index is 0.0693.